The van der Waals surface area contributed by atoms with Gasteiger partial charge in [0, 0.05) is 24.5 Å². The fourth-order valence-electron chi connectivity index (χ4n) is 2.76. The first-order valence-electron chi connectivity index (χ1n) is 8.83. The minimum atomic E-state index is 0. The normalized spacial score (nSPS) is 17.5. The van der Waals surface area contributed by atoms with Crippen molar-refractivity contribution in [1.29, 1.82) is 5.26 Å². The van der Waals surface area contributed by atoms with E-state index in [1.807, 2.05) is 26.8 Å². The summed E-state index contributed by atoms with van der Waals surface area (Å²) >= 11 is 6.55. The number of likely N-dealkylation sites (tertiary alicyclic amines) is 1. The van der Waals surface area contributed by atoms with Crippen molar-refractivity contribution in [2.45, 2.75) is 60.8 Å². The molecule has 1 saturated heterocycles. The Balaban J connectivity index is 0.00000625. The summed E-state index contributed by atoms with van der Waals surface area (Å²) in [6, 6.07) is 2.25. The summed E-state index contributed by atoms with van der Waals surface area (Å²) in [4.78, 5) is 6.27. The molecule has 1 fully saturated rings. The zero-order valence-corrected chi connectivity index (χ0v) is 16.6. The smallest absolute Gasteiger partial charge is 0.149 e. The third-order valence-corrected chi connectivity index (χ3v) is 4.78. The van der Waals surface area contributed by atoms with Crippen LogP contribution in [0.5, 0.6) is 0 Å². The lowest BCUT2D eigenvalue weighted by Gasteiger charge is -2.30. The van der Waals surface area contributed by atoms with Crippen LogP contribution in [0.15, 0.2) is 50.5 Å². The Kier molecular flexibility index (Phi) is 11.4. The molecule has 0 bridgehead atoms. The molecule has 0 amide bonds. The van der Waals surface area contributed by atoms with Crippen LogP contribution in [-0.4, -0.2) is 24.7 Å². The lowest BCUT2D eigenvalue weighted by atomic mass is 10.1. The third kappa shape index (κ3) is 6.38. The van der Waals surface area contributed by atoms with Gasteiger partial charge < -0.3 is 10.2 Å². The molecular formula is C21H33ClN4. The molecule has 1 aliphatic rings. The molecule has 0 aromatic carbocycles. The summed E-state index contributed by atoms with van der Waals surface area (Å²) in [5.41, 5.74) is 3.37. The zero-order chi connectivity index (χ0) is 18.8. The molecule has 0 atom stereocenters. The van der Waals surface area contributed by atoms with Gasteiger partial charge in [-0.05, 0) is 58.7 Å². The second kappa shape index (κ2) is 12.4. The van der Waals surface area contributed by atoms with Gasteiger partial charge in [-0.2, -0.15) is 5.26 Å². The number of nitrogens with one attached hydrogen (secondary N) is 1. The van der Waals surface area contributed by atoms with Crippen molar-refractivity contribution in [2.75, 3.05) is 13.1 Å². The van der Waals surface area contributed by atoms with E-state index in [4.69, 9.17) is 11.6 Å². The quantitative estimate of drug-likeness (QED) is 0.343. The fourth-order valence-corrected chi connectivity index (χ4v) is 3.04. The van der Waals surface area contributed by atoms with Crippen molar-refractivity contribution in [3.8, 4) is 6.07 Å². The molecule has 0 saturated carbocycles. The van der Waals surface area contributed by atoms with Crippen molar-refractivity contribution in [2.24, 2.45) is 4.99 Å². The second-order valence-corrected chi connectivity index (χ2v) is 6.44. The largest absolute Gasteiger partial charge is 0.374 e. The Morgan fingerprint density at radius 3 is 2.38 bits per heavy atom. The Morgan fingerprint density at radius 1 is 1.31 bits per heavy atom. The van der Waals surface area contributed by atoms with Gasteiger partial charge in [-0.3, -0.25) is 0 Å². The van der Waals surface area contributed by atoms with Gasteiger partial charge in [-0.25, -0.2) is 4.99 Å². The number of allylic oxidation sites excluding steroid dienone is 6. The van der Waals surface area contributed by atoms with Crippen LogP contribution in [0.3, 0.4) is 0 Å². The van der Waals surface area contributed by atoms with E-state index >= 15 is 0 Å². The third-order valence-electron chi connectivity index (χ3n) is 4.41. The van der Waals surface area contributed by atoms with Crippen LogP contribution < -0.4 is 5.32 Å². The molecule has 1 N–H and O–H groups in total. The predicted octanol–water partition coefficient (Wildman–Crippen LogP) is 5.86. The first-order valence-corrected chi connectivity index (χ1v) is 9.21. The summed E-state index contributed by atoms with van der Waals surface area (Å²) in [7, 11) is 0. The van der Waals surface area contributed by atoms with Crippen LogP contribution in [-0.2, 0) is 0 Å². The Hall–Kier alpha value is -1.99. The number of nitriles is 1. The Labute approximate surface area is 164 Å². The number of aliphatic imine (C=N–C) groups is 1. The minimum Gasteiger partial charge on any atom is -0.374 e. The standard InChI is InChI=1S/C20H29ClN4.CH4/c1-6-11-18(15(3)7-2)24-20(23-5)19(21)17(14-22)16(4)25-12-9-8-10-13-25;/h7,11,24H,5-6,8-10,12-13H2,1-4H3;1H4/b15-7-,17-16+,18-11+,20-19-;. The van der Waals surface area contributed by atoms with Gasteiger partial charge >= 0.3 is 0 Å². The van der Waals surface area contributed by atoms with Crippen molar-refractivity contribution in [1.82, 2.24) is 10.2 Å². The average Bonchev–Trinajstić information content (AvgIpc) is 2.65. The van der Waals surface area contributed by atoms with Crippen LogP contribution in [0, 0.1) is 11.3 Å². The van der Waals surface area contributed by atoms with Crippen molar-refractivity contribution >= 4 is 18.3 Å². The van der Waals surface area contributed by atoms with Crippen LogP contribution in [0.4, 0.5) is 0 Å². The SMILES string of the molecule is C.C=N/C(NC(=C/CC)/C(C)=C\C)=C(Cl)\C(C#N)=C(/C)N1CCCCC1. The van der Waals surface area contributed by atoms with Crippen LogP contribution >= 0.6 is 11.6 Å². The van der Waals surface area contributed by atoms with Crippen molar-refractivity contribution < 1.29 is 0 Å². The summed E-state index contributed by atoms with van der Waals surface area (Å²) in [5, 5.41) is 13.2. The zero-order valence-electron chi connectivity index (χ0n) is 15.8. The molecule has 4 nitrogen and oxygen atoms in total. The average molecular weight is 377 g/mol. The van der Waals surface area contributed by atoms with Gasteiger partial charge in [0.2, 0.25) is 0 Å². The molecule has 0 aromatic heterocycles. The lowest BCUT2D eigenvalue weighted by molar-refractivity contribution is 0.284. The number of rotatable bonds is 7. The molecule has 26 heavy (non-hydrogen) atoms. The number of nitrogens with zero attached hydrogens (tertiary/aromatic N) is 3. The maximum Gasteiger partial charge on any atom is 0.149 e. The summed E-state index contributed by atoms with van der Waals surface area (Å²) in [6.45, 7) is 13.6. The van der Waals surface area contributed by atoms with Gasteiger partial charge in [-0.1, -0.05) is 38.1 Å². The molecule has 1 heterocycles. The van der Waals surface area contributed by atoms with Crippen LogP contribution in [0.1, 0.15) is 60.8 Å². The first kappa shape index (κ1) is 24.0. The van der Waals surface area contributed by atoms with Gasteiger partial charge in [0.1, 0.15) is 16.9 Å². The summed E-state index contributed by atoms with van der Waals surface area (Å²) in [6.07, 6.45) is 8.49. The fraction of sp³-hybridized carbons (Fsp3) is 0.524. The van der Waals surface area contributed by atoms with Crippen molar-refractivity contribution in [3.63, 3.8) is 0 Å². The molecule has 0 radical (unpaired) electrons. The highest BCUT2D eigenvalue weighted by atomic mass is 35.5. The van der Waals surface area contributed by atoms with Gasteiger partial charge in [0.05, 0.1) is 5.57 Å². The molecule has 144 valence electrons. The highest BCUT2D eigenvalue weighted by Crippen LogP contribution is 2.26. The molecule has 0 aliphatic carbocycles. The van der Waals surface area contributed by atoms with E-state index in [2.05, 4.69) is 41.0 Å². The molecule has 1 rings (SSSR count). The lowest BCUT2D eigenvalue weighted by Crippen LogP contribution is -2.29. The van der Waals surface area contributed by atoms with E-state index in [0.717, 1.165) is 49.3 Å². The maximum atomic E-state index is 9.67. The van der Waals surface area contributed by atoms with Crippen molar-refractivity contribution in [3.05, 3.63) is 45.5 Å². The van der Waals surface area contributed by atoms with Gasteiger partial charge in [-0.15, -0.1) is 0 Å². The molecule has 0 spiro atoms. The van der Waals surface area contributed by atoms with Gasteiger partial charge in [0.25, 0.3) is 0 Å². The van der Waals surface area contributed by atoms with Crippen LogP contribution in [0.2, 0.25) is 0 Å². The van der Waals surface area contributed by atoms with E-state index in [1.54, 1.807) is 0 Å². The van der Waals surface area contributed by atoms with Crippen LogP contribution in [0.25, 0.3) is 0 Å². The predicted molar refractivity (Wildman–Crippen MR) is 114 cm³/mol. The summed E-state index contributed by atoms with van der Waals surface area (Å²) < 4.78 is 0. The Morgan fingerprint density at radius 2 is 1.92 bits per heavy atom. The Bertz CT molecular complexity index is 641. The van der Waals surface area contributed by atoms with Gasteiger partial charge in [0.15, 0.2) is 0 Å². The minimum absolute atomic E-state index is 0. The summed E-state index contributed by atoms with van der Waals surface area (Å²) in [5.74, 6) is 0.412. The van der Waals surface area contributed by atoms with E-state index in [-0.39, 0.29) is 7.43 Å². The second-order valence-electron chi connectivity index (χ2n) is 6.06. The van der Waals surface area contributed by atoms with E-state index in [9.17, 15) is 5.26 Å². The molecule has 0 aromatic rings. The molecule has 5 heteroatoms. The van der Waals surface area contributed by atoms with E-state index in [1.165, 1.54) is 6.42 Å². The number of halogens is 1. The monoisotopic (exact) mass is 376 g/mol. The molecular weight excluding hydrogens is 344 g/mol. The van der Waals surface area contributed by atoms with E-state index in [0.29, 0.717) is 16.4 Å². The number of hydrogen-bond donors (Lipinski definition) is 1. The van der Waals surface area contributed by atoms with E-state index < -0.39 is 0 Å². The number of hydrogen-bond acceptors (Lipinski definition) is 4. The molecule has 0 unspecified atom stereocenters. The molecule has 1 aliphatic heterocycles. The highest BCUT2D eigenvalue weighted by Gasteiger charge is 2.18. The maximum absolute atomic E-state index is 9.67. The topological polar surface area (TPSA) is 51.4 Å². The first-order chi connectivity index (χ1) is 12.0. The number of piperidine rings is 1. The highest BCUT2D eigenvalue weighted by molar-refractivity contribution is 6.32.